The van der Waals surface area contributed by atoms with Crippen molar-refractivity contribution in [3.8, 4) is 11.5 Å². The number of nitrogens with one attached hydrogen (secondary N) is 1. The molecule has 0 aliphatic carbocycles. The Morgan fingerprint density at radius 1 is 0.829 bits per heavy atom. The van der Waals surface area contributed by atoms with Crippen LogP contribution in [-0.4, -0.2) is 29.2 Å². The van der Waals surface area contributed by atoms with Crippen LogP contribution in [0.4, 0.5) is 0 Å². The van der Waals surface area contributed by atoms with Gasteiger partial charge in [-0.3, -0.25) is 9.59 Å². The monoisotopic (exact) mass is 580 g/mol. The normalized spacial score (nSPS) is 14.4. The molecule has 0 amide bonds. The topological polar surface area (TPSA) is 77.5 Å². The highest BCUT2D eigenvalue weighted by Gasteiger charge is 2.25. The standard InChI is InChI=1S/C33H28N2O4S2/c36-31(17-22-9-3-1-4-10-22)38-28-19-24-15-16-34-27(21-40-33-35-26-13-7-8-14-30(26)41-33)25(24)20-29(28)39-32(37)18-23-11-5-2-6-12-23/h1-14,19-20,27,34H,15-18,21H2. The van der Waals surface area contributed by atoms with E-state index in [0.29, 0.717) is 0 Å². The molecule has 0 spiro atoms. The van der Waals surface area contributed by atoms with Crippen LogP contribution in [-0.2, 0) is 28.9 Å². The van der Waals surface area contributed by atoms with Crippen molar-refractivity contribution in [3.05, 3.63) is 119 Å². The van der Waals surface area contributed by atoms with Crippen LogP contribution >= 0.6 is 23.1 Å². The van der Waals surface area contributed by atoms with Crippen LogP contribution in [0.25, 0.3) is 10.2 Å². The SMILES string of the molecule is O=C(Cc1ccccc1)Oc1cc2c(cc1OC(=O)Cc1ccccc1)C(CSc1nc3ccccc3s1)NCC2. The van der Waals surface area contributed by atoms with Gasteiger partial charge in [0.15, 0.2) is 15.8 Å². The Kier molecular flexibility index (Phi) is 8.41. The maximum atomic E-state index is 13.0. The summed E-state index contributed by atoms with van der Waals surface area (Å²) in [4.78, 5) is 30.6. The molecule has 0 radical (unpaired) electrons. The molecule has 2 heterocycles. The van der Waals surface area contributed by atoms with E-state index in [4.69, 9.17) is 14.5 Å². The molecule has 1 aliphatic rings. The Balaban J connectivity index is 1.24. The second-order valence-electron chi connectivity index (χ2n) is 9.79. The molecule has 6 rings (SSSR count). The minimum Gasteiger partial charge on any atom is -0.422 e. The maximum Gasteiger partial charge on any atom is 0.315 e. The van der Waals surface area contributed by atoms with Crippen LogP contribution in [0, 0.1) is 0 Å². The van der Waals surface area contributed by atoms with Crippen molar-refractivity contribution in [2.24, 2.45) is 0 Å². The summed E-state index contributed by atoms with van der Waals surface area (Å²) in [7, 11) is 0. The van der Waals surface area contributed by atoms with Gasteiger partial charge in [-0.25, -0.2) is 4.98 Å². The molecular weight excluding hydrogens is 553 g/mol. The highest BCUT2D eigenvalue weighted by Crippen LogP contribution is 2.39. The third-order valence-electron chi connectivity index (χ3n) is 6.84. The van der Waals surface area contributed by atoms with Gasteiger partial charge in [0.2, 0.25) is 0 Å². The van der Waals surface area contributed by atoms with Crippen LogP contribution in [0.3, 0.4) is 0 Å². The Bertz CT molecular complexity index is 1640. The van der Waals surface area contributed by atoms with Crippen LogP contribution in [0.2, 0.25) is 0 Å². The van der Waals surface area contributed by atoms with E-state index in [2.05, 4.69) is 11.4 Å². The summed E-state index contributed by atoms with van der Waals surface area (Å²) in [6, 6.07) is 30.8. The molecule has 1 unspecified atom stereocenters. The molecule has 0 fully saturated rings. The van der Waals surface area contributed by atoms with Crippen molar-refractivity contribution in [1.82, 2.24) is 10.3 Å². The van der Waals surface area contributed by atoms with Gasteiger partial charge in [-0.2, -0.15) is 0 Å². The van der Waals surface area contributed by atoms with E-state index in [9.17, 15) is 9.59 Å². The molecule has 8 heteroatoms. The number of carbonyl (C=O) groups excluding carboxylic acids is 2. The summed E-state index contributed by atoms with van der Waals surface area (Å²) >= 11 is 3.39. The summed E-state index contributed by atoms with van der Waals surface area (Å²) in [5.74, 6) is 0.460. The van der Waals surface area contributed by atoms with E-state index in [-0.39, 0.29) is 30.4 Å². The zero-order valence-corrected chi connectivity index (χ0v) is 23.9. The second kappa shape index (κ2) is 12.7. The molecule has 0 saturated heterocycles. The predicted molar refractivity (Wildman–Crippen MR) is 163 cm³/mol. The molecule has 41 heavy (non-hydrogen) atoms. The van der Waals surface area contributed by atoms with Gasteiger partial charge < -0.3 is 14.8 Å². The number of rotatable bonds is 9. The van der Waals surface area contributed by atoms with Crippen molar-refractivity contribution in [1.29, 1.82) is 0 Å². The number of hydrogen-bond donors (Lipinski definition) is 1. The van der Waals surface area contributed by atoms with Gasteiger partial charge in [-0.15, -0.1) is 11.3 Å². The number of benzene rings is 4. The average molecular weight is 581 g/mol. The van der Waals surface area contributed by atoms with Crippen molar-refractivity contribution in [2.45, 2.75) is 29.6 Å². The first kappa shape index (κ1) is 27.2. The molecular formula is C33H28N2O4S2. The van der Waals surface area contributed by atoms with Crippen LogP contribution in [0.1, 0.15) is 28.3 Å². The lowest BCUT2D eigenvalue weighted by Crippen LogP contribution is -2.31. The van der Waals surface area contributed by atoms with Gasteiger partial charge in [-0.05, 0) is 59.5 Å². The van der Waals surface area contributed by atoms with Gasteiger partial charge in [0.05, 0.1) is 23.1 Å². The van der Waals surface area contributed by atoms with Crippen molar-refractivity contribution in [3.63, 3.8) is 0 Å². The number of thiazole rings is 1. The van der Waals surface area contributed by atoms with Gasteiger partial charge in [0, 0.05) is 11.8 Å². The van der Waals surface area contributed by atoms with Crippen molar-refractivity contribution in [2.75, 3.05) is 12.3 Å². The number of nitrogens with zero attached hydrogens (tertiary/aromatic N) is 1. The zero-order valence-electron chi connectivity index (χ0n) is 22.2. The number of ether oxygens (including phenoxy) is 2. The summed E-state index contributed by atoms with van der Waals surface area (Å²) in [6.07, 6.45) is 1.02. The van der Waals surface area contributed by atoms with E-state index < -0.39 is 11.9 Å². The number of carbonyl (C=O) groups is 2. The Morgan fingerprint density at radius 3 is 2.10 bits per heavy atom. The molecule has 206 valence electrons. The highest BCUT2D eigenvalue weighted by molar-refractivity contribution is 8.01. The quantitative estimate of drug-likeness (QED) is 0.120. The maximum absolute atomic E-state index is 13.0. The van der Waals surface area contributed by atoms with Crippen molar-refractivity contribution >= 4 is 45.3 Å². The third-order valence-corrected chi connectivity index (χ3v) is 9.12. The fraction of sp³-hybridized carbons (Fsp3) is 0.182. The van der Waals surface area contributed by atoms with Gasteiger partial charge in [0.25, 0.3) is 0 Å². The number of para-hydroxylation sites is 1. The molecule has 4 aromatic carbocycles. The molecule has 0 saturated carbocycles. The lowest BCUT2D eigenvalue weighted by atomic mass is 9.94. The first-order valence-corrected chi connectivity index (χ1v) is 15.3. The predicted octanol–water partition coefficient (Wildman–Crippen LogP) is 6.57. The first-order chi connectivity index (χ1) is 20.1. The molecule has 1 atom stereocenters. The largest absolute Gasteiger partial charge is 0.422 e. The smallest absolute Gasteiger partial charge is 0.315 e. The van der Waals surface area contributed by atoms with E-state index in [1.807, 2.05) is 91.0 Å². The van der Waals surface area contributed by atoms with Gasteiger partial charge >= 0.3 is 11.9 Å². The third kappa shape index (κ3) is 6.85. The van der Waals surface area contributed by atoms with Crippen molar-refractivity contribution < 1.29 is 19.1 Å². The second-order valence-corrected chi connectivity index (χ2v) is 12.1. The van der Waals surface area contributed by atoms with Gasteiger partial charge in [-0.1, -0.05) is 84.6 Å². The van der Waals surface area contributed by atoms with Crippen LogP contribution in [0.5, 0.6) is 11.5 Å². The fourth-order valence-electron chi connectivity index (χ4n) is 4.87. The molecule has 1 N–H and O–H groups in total. The average Bonchev–Trinajstić information content (AvgIpc) is 3.40. The number of esters is 2. The first-order valence-electron chi connectivity index (χ1n) is 13.5. The molecule has 1 aliphatic heterocycles. The van der Waals surface area contributed by atoms with E-state index in [1.54, 1.807) is 23.1 Å². The van der Waals surface area contributed by atoms with Crippen LogP contribution in [0.15, 0.2) is 101 Å². The minimum atomic E-state index is -0.416. The minimum absolute atomic E-state index is 0.0245. The fourth-order valence-corrected chi connectivity index (χ4v) is 7.04. The van der Waals surface area contributed by atoms with E-state index >= 15 is 0 Å². The highest BCUT2D eigenvalue weighted by atomic mass is 32.2. The number of hydrogen-bond acceptors (Lipinski definition) is 8. The summed E-state index contributed by atoms with van der Waals surface area (Å²) < 4.78 is 13.9. The van der Waals surface area contributed by atoms with Crippen LogP contribution < -0.4 is 14.8 Å². The zero-order chi connectivity index (χ0) is 28.0. The Labute approximate surface area is 246 Å². The molecule has 5 aromatic rings. The summed E-state index contributed by atoms with van der Waals surface area (Å²) in [6.45, 7) is 0.794. The molecule has 6 nitrogen and oxygen atoms in total. The summed E-state index contributed by atoms with van der Waals surface area (Å²) in [5, 5.41) is 3.60. The summed E-state index contributed by atoms with van der Waals surface area (Å²) in [5.41, 5.74) is 4.82. The lowest BCUT2D eigenvalue weighted by molar-refractivity contribution is -0.136. The number of fused-ring (bicyclic) bond motifs is 2. The number of aromatic nitrogens is 1. The molecule has 1 aromatic heterocycles. The Morgan fingerprint density at radius 2 is 1.44 bits per heavy atom. The van der Waals surface area contributed by atoms with E-state index in [0.717, 1.165) is 50.8 Å². The lowest BCUT2D eigenvalue weighted by Gasteiger charge is -2.28. The van der Waals surface area contributed by atoms with E-state index in [1.165, 1.54) is 4.70 Å². The van der Waals surface area contributed by atoms with Gasteiger partial charge in [0.1, 0.15) is 0 Å². The Hall–Kier alpha value is -3.98. The number of thioether (sulfide) groups is 1. The molecule has 0 bridgehead atoms.